The Morgan fingerprint density at radius 3 is 2.19 bits per heavy atom. The molecule has 0 saturated heterocycles. The van der Waals surface area contributed by atoms with E-state index in [2.05, 4.69) is 5.32 Å². The van der Waals surface area contributed by atoms with Gasteiger partial charge in [0.15, 0.2) is 17.8 Å². The van der Waals surface area contributed by atoms with E-state index in [9.17, 15) is 9.59 Å². The maximum atomic E-state index is 12.3. The largest absolute Gasteiger partial charge is 0.493 e. The highest BCUT2D eigenvalue weighted by Crippen LogP contribution is 2.35. The van der Waals surface area contributed by atoms with Crippen LogP contribution in [0.25, 0.3) is 0 Å². The van der Waals surface area contributed by atoms with Gasteiger partial charge in [-0.2, -0.15) is 0 Å². The van der Waals surface area contributed by atoms with Gasteiger partial charge in [-0.3, -0.25) is 4.79 Å². The van der Waals surface area contributed by atoms with E-state index in [0.717, 1.165) is 0 Å². The molecule has 1 rings (SSSR count). The number of carbonyl (C=O) groups is 2. The number of methoxy groups -OCH3 is 2. The number of nitrogens with one attached hydrogen (secondary N) is 1. The van der Waals surface area contributed by atoms with Crippen molar-refractivity contribution >= 4 is 12.4 Å². The van der Waals surface area contributed by atoms with Crippen LogP contribution in [0.4, 0.5) is 4.79 Å². The van der Waals surface area contributed by atoms with Crippen LogP contribution in [-0.2, 0) is 9.47 Å². The second-order valence-electron chi connectivity index (χ2n) is 9.23. The summed E-state index contributed by atoms with van der Waals surface area (Å²) in [6.45, 7) is 12.5. The molecule has 1 N–H and O–H groups in total. The van der Waals surface area contributed by atoms with E-state index < -0.39 is 11.7 Å². The van der Waals surface area contributed by atoms with Crippen molar-refractivity contribution in [2.24, 2.45) is 5.41 Å². The fourth-order valence-electron chi connectivity index (χ4n) is 2.56. The molecule has 0 aliphatic carbocycles. The molecule has 0 aliphatic rings. The lowest BCUT2D eigenvalue weighted by Gasteiger charge is -2.32. The third kappa shape index (κ3) is 9.46. The number of amides is 1. The first-order valence-electron chi connectivity index (χ1n) is 10.3. The molecule has 0 saturated carbocycles. The summed E-state index contributed by atoms with van der Waals surface area (Å²) >= 11 is 0. The van der Waals surface area contributed by atoms with Crippen LogP contribution in [0.1, 0.15) is 58.3 Å². The summed E-state index contributed by atoms with van der Waals surface area (Å²) < 4.78 is 27.5. The number of hydrogen-bond acceptors (Lipinski definition) is 7. The summed E-state index contributed by atoms with van der Waals surface area (Å²) in [6, 6.07) is 2.83. The van der Waals surface area contributed by atoms with Crippen LogP contribution < -0.4 is 19.5 Å². The van der Waals surface area contributed by atoms with Crippen molar-refractivity contribution in [3.63, 3.8) is 0 Å². The van der Waals surface area contributed by atoms with Gasteiger partial charge in [-0.15, -0.1) is 0 Å². The quantitative estimate of drug-likeness (QED) is 0.407. The summed E-state index contributed by atoms with van der Waals surface area (Å²) in [6.07, 6.45) is 0.875. The molecule has 1 aromatic rings. The van der Waals surface area contributed by atoms with Crippen LogP contribution in [-0.4, -0.2) is 58.1 Å². The van der Waals surface area contributed by atoms with Crippen LogP contribution in [0.15, 0.2) is 12.1 Å². The number of aldehydes is 1. The molecule has 176 valence electrons. The molecular formula is C23H37NO7. The monoisotopic (exact) mass is 439 g/mol. The molecule has 1 aromatic carbocycles. The predicted octanol–water partition coefficient (Wildman–Crippen LogP) is 4.24. The first-order chi connectivity index (χ1) is 14.4. The topological polar surface area (TPSA) is 92.3 Å². The van der Waals surface area contributed by atoms with E-state index in [1.807, 2.05) is 20.8 Å². The van der Waals surface area contributed by atoms with E-state index in [4.69, 9.17) is 23.7 Å². The zero-order valence-electron chi connectivity index (χ0n) is 20.0. The van der Waals surface area contributed by atoms with Gasteiger partial charge in [0.05, 0.1) is 25.3 Å². The molecule has 0 heterocycles. The van der Waals surface area contributed by atoms with Crippen molar-refractivity contribution in [2.45, 2.75) is 59.6 Å². The van der Waals surface area contributed by atoms with E-state index in [0.29, 0.717) is 48.7 Å². The SMILES string of the molecule is COCCCOc1cc(OC[C@H](NC(=O)OC(C)(C)C)C(C)(C)C)c(C=O)cc1OC. The maximum absolute atomic E-state index is 12.3. The van der Waals surface area contributed by atoms with Gasteiger partial charge in [-0.05, 0) is 32.3 Å². The van der Waals surface area contributed by atoms with Gasteiger partial charge in [0.25, 0.3) is 0 Å². The molecule has 1 atom stereocenters. The average molecular weight is 440 g/mol. The minimum absolute atomic E-state index is 0.138. The Bertz CT molecular complexity index is 720. The molecule has 0 bridgehead atoms. The number of ether oxygens (including phenoxy) is 5. The van der Waals surface area contributed by atoms with Crippen molar-refractivity contribution in [3.8, 4) is 17.2 Å². The molecule has 0 radical (unpaired) electrons. The molecular weight excluding hydrogens is 402 g/mol. The maximum Gasteiger partial charge on any atom is 0.408 e. The molecule has 0 unspecified atom stereocenters. The number of hydrogen-bond donors (Lipinski definition) is 1. The summed E-state index contributed by atoms with van der Waals surface area (Å²) in [5.74, 6) is 1.25. The highest BCUT2D eigenvalue weighted by molar-refractivity contribution is 5.81. The summed E-state index contributed by atoms with van der Waals surface area (Å²) in [4.78, 5) is 23.9. The number of benzene rings is 1. The Morgan fingerprint density at radius 1 is 1.00 bits per heavy atom. The van der Waals surface area contributed by atoms with Gasteiger partial charge in [0.2, 0.25) is 0 Å². The summed E-state index contributed by atoms with van der Waals surface area (Å²) in [5.41, 5.74) is -0.598. The average Bonchev–Trinajstić information content (AvgIpc) is 2.66. The van der Waals surface area contributed by atoms with Crippen molar-refractivity contribution in [1.29, 1.82) is 0 Å². The third-order valence-electron chi connectivity index (χ3n) is 4.32. The standard InChI is InChI=1S/C23H37NO7/c1-22(2,3)20(24-21(26)31-23(4,5)6)15-30-17-13-19(29-11-9-10-27-7)18(28-8)12-16(17)14-25/h12-14,20H,9-11,15H2,1-8H3,(H,24,26)/t20-/m0/s1. The Balaban J connectivity index is 3.00. The van der Waals surface area contributed by atoms with Crippen LogP contribution in [0, 0.1) is 5.41 Å². The second-order valence-corrected chi connectivity index (χ2v) is 9.23. The van der Waals surface area contributed by atoms with Gasteiger partial charge < -0.3 is 29.0 Å². The third-order valence-corrected chi connectivity index (χ3v) is 4.32. The van der Waals surface area contributed by atoms with Crippen molar-refractivity contribution < 1.29 is 33.3 Å². The van der Waals surface area contributed by atoms with Gasteiger partial charge in [0.1, 0.15) is 18.0 Å². The Kier molecular flexibility index (Phi) is 10.1. The smallest absolute Gasteiger partial charge is 0.408 e. The molecule has 8 heteroatoms. The lowest BCUT2D eigenvalue weighted by Crippen LogP contribution is -2.49. The first kappa shape index (κ1) is 26.6. The molecule has 0 aliphatic heterocycles. The second kappa shape index (κ2) is 11.8. The normalized spacial score (nSPS) is 12.6. The van der Waals surface area contributed by atoms with Gasteiger partial charge in [-0.1, -0.05) is 20.8 Å². The van der Waals surface area contributed by atoms with Crippen LogP contribution >= 0.6 is 0 Å². The number of rotatable bonds is 11. The van der Waals surface area contributed by atoms with Crippen LogP contribution in [0.5, 0.6) is 17.2 Å². The molecule has 0 spiro atoms. The Hall–Kier alpha value is -2.48. The molecule has 1 amide bonds. The lowest BCUT2D eigenvalue weighted by atomic mass is 9.87. The molecule has 0 aromatic heterocycles. The minimum Gasteiger partial charge on any atom is -0.493 e. The predicted molar refractivity (Wildman–Crippen MR) is 118 cm³/mol. The lowest BCUT2D eigenvalue weighted by molar-refractivity contribution is 0.0429. The van der Waals surface area contributed by atoms with Crippen LogP contribution in [0.2, 0.25) is 0 Å². The minimum atomic E-state index is -0.608. The summed E-state index contributed by atoms with van der Waals surface area (Å²) in [7, 11) is 3.13. The first-order valence-corrected chi connectivity index (χ1v) is 10.3. The highest BCUT2D eigenvalue weighted by atomic mass is 16.6. The number of alkyl carbamates (subject to hydrolysis) is 1. The number of carbonyl (C=O) groups excluding carboxylic acids is 2. The Labute approximate surface area is 185 Å². The highest BCUT2D eigenvalue weighted by Gasteiger charge is 2.29. The van der Waals surface area contributed by atoms with E-state index in [1.54, 1.807) is 40.0 Å². The van der Waals surface area contributed by atoms with Crippen molar-refractivity contribution in [1.82, 2.24) is 5.32 Å². The molecule has 8 nitrogen and oxygen atoms in total. The molecule has 0 fully saturated rings. The van der Waals surface area contributed by atoms with Crippen LogP contribution in [0.3, 0.4) is 0 Å². The zero-order chi connectivity index (χ0) is 23.7. The van der Waals surface area contributed by atoms with Crippen molar-refractivity contribution in [2.75, 3.05) is 34.0 Å². The zero-order valence-corrected chi connectivity index (χ0v) is 20.0. The van der Waals surface area contributed by atoms with Gasteiger partial charge in [0, 0.05) is 26.2 Å². The van der Waals surface area contributed by atoms with E-state index >= 15 is 0 Å². The van der Waals surface area contributed by atoms with Crippen molar-refractivity contribution in [3.05, 3.63) is 17.7 Å². The summed E-state index contributed by atoms with van der Waals surface area (Å²) in [5, 5.41) is 2.86. The van der Waals surface area contributed by atoms with Gasteiger partial charge >= 0.3 is 6.09 Å². The van der Waals surface area contributed by atoms with E-state index in [-0.39, 0.29) is 18.1 Å². The molecule has 31 heavy (non-hydrogen) atoms. The van der Waals surface area contributed by atoms with Gasteiger partial charge in [-0.25, -0.2) is 4.79 Å². The fraction of sp³-hybridized carbons (Fsp3) is 0.652. The fourth-order valence-corrected chi connectivity index (χ4v) is 2.56. The van der Waals surface area contributed by atoms with E-state index in [1.165, 1.54) is 7.11 Å². The Morgan fingerprint density at radius 2 is 1.68 bits per heavy atom.